The summed E-state index contributed by atoms with van der Waals surface area (Å²) in [4.78, 5) is 13.7. The van der Waals surface area contributed by atoms with Gasteiger partial charge in [-0.3, -0.25) is 4.98 Å². The summed E-state index contributed by atoms with van der Waals surface area (Å²) in [7, 11) is 1.93. The molecule has 1 aromatic heterocycles. The first-order valence-electron chi connectivity index (χ1n) is 5.03. The lowest BCUT2D eigenvalue weighted by Gasteiger charge is -2.14. The SMILES string of the molecule is CNC(CSC)c1ccc2oc(=O)[nH]c2c1. The first kappa shape index (κ1) is 11.3. The highest BCUT2D eigenvalue weighted by atomic mass is 32.2. The van der Waals surface area contributed by atoms with E-state index in [4.69, 9.17) is 4.42 Å². The number of hydrogen-bond donors (Lipinski definition) is 2. The molecule has 16 heavy (non-hydrogen) atoms. The average Bonchev–Trinajstić information content (AvgIpc) is 2.64. The molecule has 0 amide bonds. The Kier molecular flexibility index (Phi) is 3.36. The van der Waals surface area contributed by atoms with E-state index in [9.17, 15) is 4.79 Å². The van der Waals surface area contributed by atoms with Crippen LogP contribution in [0, 0.1) is 0 Å². The summed E-state index contributed by atoms with van der Waals surface area (Å²) in [6.45, 7) is 0. The maximum absolute atomic E-state index is 11.0. The average molecular weight is 238 g/mol. The van der Waals surface area contributed by atoms with Crippen molar-refractivity contribution >= 4 is 22.9 Å². The summed E-state index contributed by atoms with van der Waals surface area (Å²) in [6.07, 6.45) is 2.07. The van der Waals surface area contributed by atoms with Gasteiger partial charge in [-0.1, -0.05) is 6.07 Å². The van der Waals surface area contributed by atoms with Gasteiger partial charge in [0.15, 0.2) is 5.58 Å². The van der Waals surface area contributed by atoms with Gasteiger partial charge < -0.3 is 9.73 Å². The van der Waals surface area contributed by atoms with Gasteiger partial charge >= 0.3 is 5.76 Å². The molecule has 0 aliphatic rings. The van der Waals surface area contributed by atoms with E-state index in [2.05, 4.69) is 16.6 Å². The van der Waals surface area contributed by atoms with Crippen molar-refractivity contribution in [2.45, 2.75) is 6.04 Å². The standard InChI is InChI=1S/C11H14N2O2S/c1-12-9(6-16-2)7-3-4-10-8(5-7)13-11(14)15-10/h3-5,9,12H,6H2,1-2H3,(H,13,14). The van der Waals surface area contributed by atoms with Gasteiger partial charge in [0, 0.05) is 11.8 Å². The number of aromatic amines is 1. The normalized spacial score (nSPS) is 13.1. The molecule has 0 spiro atoms. The van der Waals surface area contributed by atoms with Crippen LogP contribution >= 0.6 is 11.8 Å². The zero-order chi connectivity index (χ0) is 11.5. The van der Waals surface area contributed by atoms with E-state index in [-0.39, 0.29) is 6.04 Å². The van der Waals surface area contributed by atoms with E-state index in [1.165, 1.54) is 0 Å². The van der Waals surface area contributed by atoms with Gasteiger partial charge in [0.25, 0.3) is 0 Å². The lowest BCUT2D eigenvalue weighted by molar-refractivity contribution is 0.555. The number of nitrogens with one attached hydrogen (secondary N) is 2. The lowest BCUT2D eigenvalue weighted by atomic mass is 10.1. The minimum absolute atomic E-state index is 0.290. The summed E-state index contributed by atoms with van der Waals surface area (Å²) in [5, 5.41) is 3.25. The van der Waals surface area contributed by atoms with Crippen LogP contribution < -0.4 is 11.1 Å². The predicted octanol–water partition coefficient (Wildman–Crippen LogP) is 1.74. The van der Waals surface area contributed by atoms with E-state index in [1.807, 2.05) is 25.2 Å². The van der Waals surface area contributed by atoms with Crippen molar-refractivity contribution in [1.82, 2.24) is 10.3 Å². The van der Waals surface area contributed by atoms with Crippen LogP contribution in [0.2, 0.25) is 0 Å². The second kappa shape index (κ2) is 4.76. The summed E-state index contributed by atoms with van der Waals surface area (Å²) >= 11 is 1.78. The van der Waals surface area contributed by atoms with Crippen LogP contribution in [-0.4, -0.2) is 24.0 Å². The molecule has 4 nitrogen and oxygen atoms in total. The quantitative estimate of drug-likeness (QED) is 0.852. The first-order valence-corrected chi connectivity index (χ1v) is 6.43. The minimum atomic E-state index is -0.405. The van der Waals surface area contributed by atoms with Crippen molar-refractivity contribution in [3.05, 3.63) is 34.3 Å². The van der Waals surface area contributed by atoms with Crippen molar-refractivity contribution < 1.29 is 4.42 Å². The smallest absolute Gasteiger partial charge is 0.408 e. The molecule has 0 fully saturated rings. The van der Waals surface area contributed by atoms with E-state index < -0.39 is 5.76 Å². The number of hydrogen-bond acceptors (Lipinski definition) is 4. The molecule has 0 saturated carbocycles. The second-order valence-electron chi connectivity index (χ2n) is 3.57. The van der Waals surface area contributed by atoms with Gasteiger partial charge in [-0.15, -0.1) is 0 Å². The van der Waals surface area contributed by atoms with Crippen LogP contribution in [0.5, 0.6) is 0 Å². The lowest BCUT2D eigenvalue weighted by Crippen LogP contribution is -2.18. The third-order valence-corrected chi connectivity index (χ3v) is 3.19. The van der Waals surface area contributed by atoms with Gasteiger partial charge in [0.1, 0.15) is 0 Å². The van der Waals surface area contributed by atoms with Crippen molar-refractivity contribution in [1.29, 1.82) is 0 Å². The van der Waals surface area contributed by atoms with Crippen LogP contribution in [0.15, 0.2) is 27.4 Å². The maximum atomic E-state index is 11.0. The zero-order valence-corrected chi connectivity index (χ0v) is 10.1. The molecule has 2 rings (SSSR count). The van der Waals surface area contributed by atoms with E-state index in [0.717, 1.165) is 16.8 Å². The van der Waals surface area contributed by atoms with Gasteiger partial charge in [0.2, 0.25) is 0 Å². The largest absolute Gasteiger partial charge is 0.417 e. The number of rotatable bonds is 4. The summed E-state index contributed by atoms with van der Waals surface area (Å²) < 4.78 is 4.96. The molecule has 0 bridgehead atoms. The molecule has 0 radical (unpaired) electrons. The Balaban J connectivity index is 2.40. The number of H-pyrrole nitrogens is 1. The van der Waals surface area contributed by atoms with E-state index in [1.54, 1.807) is 11.8 Å². The van der Waals surface area contributed by atoms with Gasteiger partial charge in [-0.05, 0) is 31.0 Å². The van der Waals surface area contributed by atoms with Crippen molar-refractivity contribution in [3.8, 4) is 0 Å². The van der Waals surface area contributed by atoms with Gasteiger partial charge in [-0.2, -0.15) is 11.8 Å². The predicted molar refractivity (Wildman–Crippen MR) is 67.0 cm³/mol. The van der Waals surface area contributed by atoms with Crippen LogP contribution in [-0.2, 0) is 0 Å². The number of fused-ring (bicyclic) bond motifs is 1. The topological polar surface area (TPSA) is 58.0 Å². The van der Waals surface area contributed by atoms with Gasteiger partial charge in [0.05, 0.1) is 5.52 Å². The highest BCUT2D eigenvalue weighted by Gasteiger charge is 2.10. The Morgan fingerprint density at radius 1 is 1.56 bits per heavy atom. The molecule has 2 N–H and O–H groups in total. The van der Waals surface area contributed by atoms with Crippen LogP contribution in [0.4, 0.5) is 0 Å². The van der Waals surface area contributed by atoms with Crippen molar-refractivity contribution in [3.63, 3.8) is 0 Å². The Hall–Kier alpha value is -1.20. The Labute approximate surface area is 97.4 Å². The molecule has 5 heteroatoms. The first-order chi connectivity index (χ1) is 7.74. The van der Waals surface area contributed by atoms with E-state index >= 15 is 0 Å². The fourth-order valence-electron chi connectivity index (χ4n) is 1.70. The van der Waals surface area contributed by atoms with Gasteiger partial charge in [-0.25, -0.2) is 4.79 Å². The zero-order valence-electron chi connectivity index (χ0n) is 9.24. The third kappa shape index (κ3) is 2.15. The molecule has 1 atom stereocenters. The van der Waals surface area contributed by atoms with Crippen LogP contribution in [0.25, 0.3) is 11.1 Å². The fraction of sp³-hybridized carbons (Fsp3) is 0.364. The summed E-state index contributed by atoms with van der Waals surface area (Å²) in [5.74, 6) is 0.586. The molecule has 0 saturated heterocycles. The summed E-state index contributed by atoms with van der Waals surface area (Å²) in [5.41, 5.74) is 2.51. The highest BCUT2D eigenvalue weighted by Crippen LogP contribution is 2.20. The molecule has 1 unspecified atom stereocenters. The molecule has 0 aliphatic heterocycles. The van der Waals surface area contributed by atoms with Crippen LogP contribution in [0.3, 0.4) is 0 Å². The summed E-state index contributed by atoms with van der Waals surface area (Å²) in [6, 6.07) is 6.05. The number of benzene rings is 1. The third-order valence-electron chi connectivity index (χ3n) is 2.53. The highest BCUT2D eigenvalue weighted by molar-refractivity contribution is 7.98. The molecule has 1 heterocycles. The minimum Gasteiger partial charge on any atom is -0.408 e. The molecular formula is C11H14N2O2S. The molecule has 1 aromatic carbocycles. The Morgan fingerprint density at radius 2 is 2.38 bits per heavy atom. The fourth-order valence-corrected chi connectivity index (χ4v) is 2.39. The van der Waals surface area contributed by atoms with Crippen molar-refractivity contribution in [2.24, 2.45) is 0 Å². The maximum Gasteiger partial charge on any atom is 0.417 e. The monoisotopic (exact) mass is 238 g/mol. The van der Waals surface area contributed by atoms with E-state index in [0.29, 0.717) is 5.58 Å². The second-order valence-corrected chi connectivity index (χ2v) is 4.48. The molecule has 0 aliphatic carbocycles. The molecule has 2 aromatic rings. The van der Waals surface area contributed by atoms with Crippen molar-refractivity contribution in [2.75, 3.05) is 19.1 Å². The number of thioether (sulfide) groups is 1. The Bertz CT molecular complexity index is 532. The molecular weight excluding hydrogens is 224 g/mol. The number of oxazole rings is 1. The number of aromatic nitrogens is 1. The Morgan fingerprint density at radius 3 is 3.06 bits per heavy atom. The molecule has 86 valence electrons. The van der Waals surface area contributed by atoms with Crippen LogP contribution in [0.1, 0.15) is 11.6 Å².